The molecule has 0 aliphatic rings. The van der Waals surface area contributed by atoms with Gasteiger partial charge < -0.3 is 10.1 Å². The van der Waals surface area contributed by atoms with Crippen molar-refractivity contribution in [1.29, 1.82) is 0 Å². The third-order valence-electron chi connectivity index (χ3n) is 3.94. The van der Waals surface area contributed by atoms with Crippen LogP contribution in [0.2, 0.25) is 0 Å². The molecule has 0 heterocycles. The number of carbonyl (C=O) groups excluding carboxylic acids is 1. The van der Waals surface area contributed by atoms with E-state index in [2.05, 4.69) is 45.5 Å². The topological polar surface area (TPSA) is 38.3 Å². The van der Waals surface area contributed by atoms with Crippen LogP contribution in [0.25, 0.3) is 0 Å². The second-order valence-corrected chi connectivity index (χ2v) is 6.84. The van der Waals surface area contributed by atoms with E-state index < -0.39 is 0 Å². The molecule has 3 nitrogen and oxygen atoms in total. The quantitative estimate of drug-likeness (QED) is 0.507. The average molecular weight is 410 g/mol. The number of halogens is 1. The molecule has 26 heavy (non-hydrogen) atoms. The van der Waals surface area contributed by atoms with E-state index in [0.717, 1.165) is 28.8 Å². The third-order valence-corrected chi connectivity index (χ3v) is 4.47. The molecule has 0 aromatic heterocycles. The summed E-state index contributed by atoms with van der Waals surface area (Å²) in [6.45, 7) is 0.666. The number of hydrogen-bond acceptors (Lipinski definition) is 2. The molecule has 0 radical (unpaired) electrons. The first-order chi connectivity index (χ1) is 12.7. The number of nitrogens with one attached hydrogen (secondary N) is 1. The second-order valence-electron chi connectivity index (χ2n) is 5.92. The SMILES string of the molecule is O=C(Nc1ccc(OCCCc2ccccc2)cc1)c1ccc(Br)cc1. The first-order valence-corrected chi connectivity index (χ1v) is 9.34. The lowest BCUT2D eigenvalue weighted by molar-refractivity contribution is 0.102. The number of anilines is 1. The Hall–Kier alpha value is -2.59. The highest BCUT2D eigenvalue weighted by Crippen LogP contribution is 2.18. The molecule has 0 fully saturated rings. The van der Waals surface area contributed by atoms with Gasteiger partial charge in [-0.1, -0.05) is 46.3 Å². The molecule has 0 spiro atoms. The Bertz CT molecular complexity index is 830. The van der Waals surface area contributed by atoms with Crippen LogP contribution in [-0.4, -0.2) is 12.5 Å². The summed E-state index contributed by atoms with van der Waals surface area (Å²) in [5.41, 5.74) is 2.69. The van der Waals surface area contributed by atoms with Crippen LogP contribution in [0.1, 0.15) is 22.3 Å². The molecule has 3 aromatic carbocycles. The number of amides is 1. The summed E-state index contributed by atoms with van der Waals surface area (Å²) in [6.07, 6.45) is 1.97. The fourth-order valence-corrected chi connectivity index (χ4v) is 2.81. The van der Waals surface area contributed by atoms with Gasteiger partial charge in [0.2, 0.25) is 0 Å². The van der Waals surface area contributed by atoms with Gasteiger partial charge in [0.1, 0.15) is 5.75 Å². The Labute approximate surface area is 162 Å². The van der Waals surface area contributed by atoms with Gasteiger partial charge in [0.05, 0.1) is 6.61 Å². The molecule has 0 saturated heterocycles. The first-order valence-electron chi connectivity index (χ1n) is 8.54. The van der Waals surface area contributed by atoms with Crippen molar-refractivity contribution in [3.05, 3.63) is 94.5 Å². The van der Waals surface area contributed by atoms with E-state index in [9.17, 15) is 4.79 Å². The molecule has 0 bridgehead atoms. The molecule has 1 N–H and O–H groups in total. The molecule has 0 unspecified atom stereocenters. The van der Waals surface area contributed by atoms with E-state index in [-0.39, 0.29) is 5.91 Å². The van der Waals surface area contributed by atoms with Crippen molar-refractivity contribution in [2.75, 3.05) is 11.9 Å². The van der Waals surface area contributed by atoms with Gasteiger partial charge in [-0.05, 0) is 66.9 Å². The van der Waals surface area contributed by atoms with Gasteiger partial charge >= 0.3 is 0 Å². The van der Waals surface area contributed by atoms with Crippen molar-refractivity contribution in [1.82, 2.24) is 0 Å². The van der Waals surface area contributed by atoms with Crippen LogP contribution in [0.4, 0.5) is 5.69 Å². The van der Waals surface area contributed by atoms with Gasteiger partial charge in [0, 0.05) is 15.7 Å². The fraction of sp³-hybridized carbons (Fsp3) is 0.136. The monoisotopic (exact) mass is 409 g/mol. The lowest BCUT2D eigenvalue weighted by Crippen LogP contribution is -2.11. The molecule has 0 atom stereocenters. The zero-order valence-corrected chi connectivity index (χ0v) is 15.9. The summed E-state index contributed by atoms with van der Waals surface area (Å²) in [7, 11) is 0. The maximum absolute atomic E-state index is 12.2. The van der Waals surface area contributed by atoms with E-state index in [1.165, 1.54) is 5.56 Å². The van der Waals surface area contributed by atoms with Crippen LogP contribution in [0.3, 0.4) is 0 Å². The molecular weight excluding hydrogens is 390 g/mol. The van der Waals surface area contributed by atoms with Crippen LogP contribution in [0.15, 0.2) is 83.3 Å². The standard InChI is InChI=1S/C22H20BrNO2/c23-19-10-8-18(9-11-19)22(25)24-20-12-14-21(15-13-20)26-16-4-7-17-5-2-1-3-6-17/h1-3,5-6,8-15H,4,7,16H2,(H,24,25). The maximum Gasteiger partial charge on any atom is 0.255 e. The van der Waals surface area contributed by atoms with Gasteiger partial charge in [-0.15, -0.1) is 0 Å². The minimum absolute atomic E-state index is 0.131. The van der Waals surface area contributed by atoms with Crippen molar-refractivity contribution < 1.29 is 9.53 Å². The van der Waals surface area contributed by atoms with Gasteiger partial charge in [0.25, 0.3) is 5.91 Å². The first kappa shape index (κ1) is 18.2. The molecule has 1 amide bonds. The zero-order valence-electron chi connectivity index (χ0n) is 14.3. The summed E-state index contributed by atoms with van der Waals surface area (Å²) in [5, 5.41) is 2.88. The van der Waals surface area contributed by atoms with Crippen LogP contribution in [0, 0.1) is 0 Å². The second kappa shape index (κ2) is 9.20. The number of aryl methyl sites for hydroxylation is 1. The van der Waals surface area contributed by atoms with Gasteiger partial charge in [0.15, 0.2) is 0 Å². The minimum atomic E-state index is -0.131. The predicted octanol–water partition coefficient (Wildman–Crippen LogP) is 5.71. The number of benzene rings is 3. The lowest BCUT2D eigenvalue weighted by atomic mass is 10.1. The molecule has 0 aliphatic carbocycles. The van der Waals surface area contributed by atoms with Gasteiger partial charge in [-0.3, -0.25) is 4.79 Å². The predicted molar refractivity (Wildman–Crippen MR) is 109 cm³/mol. The van der Waals surface area contributed by atoms with Crippen molar-refractivity contribution in [3.8, 4) is 5.75 Å². The Morgan fingerprint density at radius 1 is 0.885 bits per heavy atom. The summed E-state index contributed by atoms with van der Waals surface area (Å²) in [6, 6.07) is 25.1. The minimum Gasteiger partial charge on any atom is -0.494 e. The zero-order chi connectivity index (χ0) is 18.2. The van der Waals surface area contributed by atoms with Crippen molar-refractivity contribution in [2.45, 2.75) is 12.8 Å². The van der Waals surface area contributed by atoms with E-state index in [0.29, 0.717) is 12.2 Å². The Morgan fingerprint density at radius 2 is 1.58 bits per heavy atom. The Kier molecular flexibility index (Phi) is 6.45. The summed E-state index contributed by atoms with van der Waals surface area (Å²) < 4.78 is 6.71. The number of ether oxygens (including phenoxy) is 1. The number of hydrogen-bond donors (Lipinski definition) is 1. The van der Waals surface area contributed by atoms with Crippen molar-refractivity contribution in [3.63, 3.8) is 0 Å². The van der Waals surface area contributed by atoms with Crippen LogP contribution in [0.5, 0.6) is 5.75 Å². The number of rotatable bonds is 7. The maximum atomic E-state index is 12.2. The smallest absolute Gasteiger partial charge is 0.255 e. The summed E-state index contributed by atoms with van der Waals surface area (Å²) in [4.78, 5) is 12.2. The van der Waals surface area contributed by atoms with Crippen molar-refractivity contribution in [2.24, 2.45) is 0 Å². The normalized spacial score (nSPS) is 10.3. The van der Waals surface area contributed by atoms with Crippen LogP contribution >= 0.6 is 15.9 Å². The molecule has 4 heteroatoms. The molecule has 3 aromatic rings. The lowest BCUT2D eigenvalue weighted by Gasteiger charge is -2.09. The van der Waals surface area contributed by atoms with Crippen LogP contribution < -0.4 is 10.1 Å². The van der Waals surface area contributed by atoms with Crippen LogP contribution in [-0.2, 0) is 6.42 Å². The molecule has 132 valence electrons. The van der Waals surface area contributed by atoms with E-state index in [1.54, 1.807) is 12.1 Å². The highest BCUT2D eigenvalue weighted by Gasteiger charge is 2.06. The summed E-state index contributed by atoms with van der Waals surface area (Å²) >= 11 is 3.36. The van der Waals surface area contributed by atoms with Gasteiger partial charge in [-0.2, -0.15) is 0 Å². The van der Waals surface area contributed by atoms with E-state index in [1.807, 2.05) is 42.5 Å². The van der Waals surface area contributed by atoms with E-state index >= 15 is 0 Å². The molecule has 3 rings (SSSR count). The number of carbonyl (C=O) groups is 1. The molecular formula is C22H20BrNO2. The molecule has 0 saturated carbocycles. The fourth-order valence-electron chi connectivity index (χ4n) is 2.55. The largest absolute Gasteiger partial charge is 0.494 e. The average Bonchev–Trinajstić information content (AvgIpc) is 2.68. The van der Waals surface area contributed by atoms with E-state index in [4.69, 9.17) is 4.74 Å². The highest BCUT2D eigenvalue weighted by atomic mass is 79.9. The Morgan fingerprint density at radius 3 is 2.27 bits per heavy atom. The highest BCUT2D eigenvalue weighted by molar-refractivity contribution is 9.10. The summed E-state index contributed by atoms with van der Waals surface area (Å²) in [5.74, 6) is 0.675. The third kappa shape index (κ3) is 5.46. The Balaban J connectivity index is 1.45. The molecule has 0 aliphatic heterocycles. The van der Waals surface area contributed by atoms with Gasteiger partial charge in [-0.25, -0.2) is 0 Å². The van der Waals surface area contributed by atoms with Crippen molar-refractivity contribution >= 4 is 27.5 Å².